The SMILES string of the molecule is Cc1cc(C)c(-n2ncc(CNC(C)(C)C)c2C)c(C)c1. The van der Waals surface area contributed by atoms with E-state index in [9.17, 15) is 0 Å². The van der Waals surface area contributed by atoms with Crippen molar-refractivity contribution in [3.63, 3.8) is 0 Å². The molecule has 0 atom stereocenters. The van der Waals surface area contributed by atoms with Gasteiger partial charge in [-0.05, 0) is 59.6 Å². The minimum atomic E-state index is 0.115. The van der Waals surface area contributed by atoms with Gasteiger partial charge in [0.1, 0.15) is 0 Å². The molecule has 0 bridgehead atoms. The van der Waals surface area contributed by atoms with Gasteiger partial charge < -0.3 is 5.32 Å². The minimum absolute atomic E-state index is 0.115. The van der Waals surface area contributed by atoms with Crippen LogP contribution in [0.25, 0.3) is 5.69 Å². The number of rotatable bonds is 3. The van der Waals surface area contributed by atoms with Crippen LogP contribution in [0.1, 0.15) is 48.7 Å². The highest BCUT2D eigenvalue weighted by Gasteiger charge is 2.15. The van der Waals surface area contributed by atoms with Gasteiger partial charge in [-0.25, -0.2) is 4.68 Å². The average molecular weight is 285 g/mol. The Bertz CT molecular complexity index is 622. The van der Waals surface area contributed by atoms with Crippen molar-refractivity contribution in [2.45, 2.75) is 60.5 Å². The summed E-state index contributed by atoms with van der Waals surface area (Å²) in [6.07, 6.45) is 1.98. The van der Waals surface area contributed by atoms with E-state index in [4.69, 9.17) is 0 Å². The van der Waals surface area contributed by atoms with Gasteiger partial charge in [-0.1, -0.05) is 17.7 Å². The molecule has 3 nitrogen and oxygen atoms in total. The lowest BCUT2D eigenvalue weighted by Crippen LogP contribution is -2.35. The lowest BCUT2D eigenvalue weighted by Gasteiger charge is -2.20. The molecule has 3 heteroatoms. The fourth-order valence-corrected chi connectivity index (χ4v) is 2.71. The van der Waals surface area contributed by atoms with Crippen molar-refractivity contribution in [2.24, 2.45) is 0 Å². The van der Waals surface area contributed by atoms with Crippen LogP contribution in [0.15, 0.2) is 18.3 Å². The molecule has 1 aromatic heterocycles. The lowest BCUT2D eigenvalue weighted by molar-refractivity contribution is 0.424. The Labute approximate surface area is 128 Å². The number of benzene rings is 1. The maximum atomic E-state index is 4.61. The van der Waals surface area contributed by atoms with E-state index >= 15 is 0 Å². The fraction of sp³-hybridized carbons (Fsp3) is 0.500. The van der Waals surface area contributed by atoms with Crippen LogP contribution in [0.3, 0.4) is 0 Å². The third kappa shape index (κ3) is 3.53. The normalized spacial score (nSPS) is 12.0. The van der Waals surface area contributed by atoms with Gasteiger partial charge in [0.25, 0.3) is 0 Å². The topological polar surface area (TPSA) is 29.9 Å². The number of nitrogens with zero attached hydrogens (tertiary/aromatic N) is 2. The Hall–Kier alpha value is -1.61. The van der Waals surface area contributed by atoms with Gasteiger partial charge in [0.15, 0.2) is 0 Å². The van der Waals surface area contributed by atoms with E-state index in [0.717, 1.165) is 6.54 Å². The van der Waals surface area contributed by atoms with Crippen LogP contribution >= 0.6 is 0 Å². The summed E-state index contributed by atoms with van der Waals surface area (Å²) in [6, 6.07) is 4.44. The lowest BCUT2D eigenvalue weighted by atomic mass is 10.0. The molecule has 0 unspecified atom stereocenters. The second-order valence-electron chi connectivity index (χ2n) is 7.02. The molecule has 0 saturated heterocycles. The van der Waals surface area contributed by atoms with Crippen LogP contribution in [-0.4, -0.2) is 15.3 Å². The van der Waals surface area contributed by atoms with E-state index in [2.05, 4.69) is 75.7 Å². The molecule has 0 amide bonds. The number of hydrogen-bond donors (Lipinski definition) is 1. The molecule has 1 aromatic carbocycles. The predicted molar refractivity (Wildman–Crippen MR) is 89.1 cm³/mol. The maximum absolute atomic E-state index is 4.61. The smallest absolute Gasteiger partial charge is 0.0707 e. The van der Waals surface area contributed by atoms with Gasteiger partial charge >= 0.3 is 0 Å². The zero-order chi connectivity index (χ0) is 15.8. The quantitative estimate of drug-likeness (QED) is 0.924. The molecule has 2 rings (SSSR count). The van der Waals surface area contributed by atoms with Gasteiger partial charge in [0.05, 0.1) is 11.9 Å². The second kappa shape index (κ2) is 5.64. The van der Waals surface area contributed by atoms with Crippen LogP contribution in [0.2, 0.25) is 0 Å². The van der Waals surface area contributed by atoms with Gasteiger partial charge in [-0.3, -0.25) is 0 Å². The van der Waals surface area contributed by atoms with Crippen molar-refractivity contribution < 1.29 is 0 Å². The molecule has 0 radical (unpaired) electrons. The van der Waals surface area contributed by atoms with Crippen molar-refractivity contribution in [3.05, 3.63) is 46.3 Å². The molecule has 0 spiro atoms. The number of hydrogen-bond acceptors (Lipinski definition) is 2. The molecular formula is C18H27N3. The highest BCUT2D eigenvalue weighted by atomic mass is 15.3. The van der Waals surface area contributed by atoms with Crippen molar-refractivity contribution in [1.29, 1.82) is 0 Å². The molecule has 1 heterocycles. The first-order valence-corrected chi connectivity index (χ1v) is 7.56. The maximum Gasteiger partial charge on any atom is 0.0707 e. The molecule has 21 heavy (non-hydrogen) atoms. The Morgan fingerprint density at radius 1 is 1.05 bits per heavy atom. The Balaban J connectivity index is 2.37. The van der Waals surface area contributed by atoms with E-state index < -0.39 is 0 Å². The van der Waals surface area contributed by atoms with Crippen LogP contribution in [0.4, 0.5) is 0 Å². The first-order chi connectivity index (χ1) is 9.69. The first-order valence-electron chi connectivity index (χ1n) is 7.56. The number of aromatic nitrogens is 2. The predicted octanol–water partition coefficient (Wildman–Crippen LogP) is 3.99. The molecule has 0 aliphatic rings. The molecule has 114 valence electrons. The van der Waals surface area contributed by atoms with Crippen molar-refractivity contribution >= 4 is 0 Å². The molecule has 2 aromatic rings. The monoisotopic (exact) mass is 285 g/mol. The van der Waals surface area contributed by atoms with E-state index in [1.54, 1.807) is 0 Å². The summed E-state index contributed by atoms with van der Waals surface area (Å²) in [5.74, 6) is 0. The molecule has 0 aliphatic heterocycles. The largest absolute Gasteiger partial charge is 0.308 e. The standard InChI is InChI=1S/C18H27N3/c1-12-8-13(2)17(14(3)9-12)21-15(4)16(11-20-21)10-19-18(5,6)7/h8-9,11,19H,10H2,1-7H3. The second-order valence-corrected chi connectivity index (χ2v) is 7.02. The number of nitrogens with one attached hydrogen (secondary N) is 1. The van der Waals surface area contributed by atoms with Gasteiger partial charge in [-0.15, -0.1) is 0 Å². The molecule has 0 fully saturated rings. The summed E-state index contributed by atoms with van der Waals surface area (Å²) in [5, 5.41) is 8.14. The summed E-state index contributed by atoms with van der Waals surface area (Å²) in [5.41, 5.74) is 7.63. The van der Waals surface area contributed by atoms with Crippen molar-refractivity contribution in [2.75, 3.05) is 0 Å². The van der Waals surface area contributed by atoms with Crippen LogP contribution < -0.4 is 5.32 Å². The third-order valence-electron chi connectivity index (χ3n) is 3.77. The first kappa shape index (κ1) is 15.8. The zero-order valence-electron chi connectivity index (χ0n) is 14.3. The molecule has 1 N–H and O–H groups in total. The summed E-state index contributed by atoms with van der Waals surface area (Å²) in [4.78, 5) is 0. The average Bonchev–Trinajstić information content (AvgIpc) is 2.67. The Morgan fingerprint density at radius 3 is 2.14 bits per heavy atom. The van der Waals surface area contributed by atoms with E-state index in [1.165, 1.54) is 33.6 Å². The van der Waals surface area contributed by atoms with E-state index in [1.807, 2.05) is 6.20 Å². The summed E-state index contributed by atoms with van der Waals surface area (Å²) in [7, 11) is 0. The summed E-state index contributed by atoms with van der Waals surface area (Å²) in [6.45, 7) is 16.0. The Morgan fingerprint density at radius 2 is 1.62 bits per heavy atom. The van der Waals surface area contributed by atoms with Gasteiger partial charge in [0.2, 0.25) is 0 Å². The zero-order valence-corrected chi connectivity index (χ0v) is 14.3. The molecule has 0 saturated carbocycles. The Kier molecular flexibility index (Phi) is 4.24. The summed E-state index contributed by atoms with van der Waals surface area (Å²) >= 11 is 0. The van der Waals surface area contributed by atoms with Crippen LogP contribution in [0.5, 0.6) is 0 Å². The van der Waals surface area contributed by atoms with Gasteiger partial charge in [0, 0.05) is 23.3 Å². The third-order valence-corrected chi connectivity index (χ3v) is 3.77. The minimum Gasteiger partial charge on any atom is -0.308 e. The van der Waals surface area contributed by atoms with Crippen LogP contribution in [-0.2, 0) is 6.54 Å². The van der Waals surface area contributed by atoms with Crippen LogP contribution in [0, 0.1) is 27.7 Å². The van der Waals surface area contributed by atoms with Gasteiger partial charge in [-0.2, -0.15) is 5.10 Å². The highest BCUT2D eigenvalue weighted by Crippen LogP contribution is 2.23. The van der Waals surface area contributed by atoms with Crippen molar-refractivity contribution in [1.82, 2.24) is 15.1 Å². The van der Waals surface area contributed by atoms with E-state index in [0.29, 0.717) is 0 Å². The van der Waals surface area contributed by atoms with E-state index in [-0.39, 0.29) is 5.54 Å². The fourth-order valence-electron chi connectivity index (χ4n) is 2.71. The van der Waals surface area contributed by atoms with Crippen molar-refractivity contribution in [3.8, 4) is 5.69 Å². The molecule has 0 aliphatic carbocycles. The highest BCUT2D eigenvalue weighted by molar-refractivity contribution is 5.50. The molecular weight excluding hydrogens is 258 g/mol. The summed E-state index contributed by atoms with van der Waals surface area (Å²) < 4.78 is 2.07. The number of aryl methyl sites for hydroxylation is 3.